The Morgan fingerprint density at radius 2 is 2.00 bits per heavy atom. The SMILES string of the molecule is CN1CCN(Cc2ccc3[nH]c4c(c3c2)CNCC4)CC1. The Kier molecular flexibility index (Phi) is 3.45. The van der Waals surface area contributed by atoms with Gasteiger partial charge < -0.3 is 15.2 Å². The molecule has 3 heterocycles. The normalized spacial score (nSPS) is 20.8. The van der Waals surface area contributed by atoms with Crippen molar-refractivity contribution in [3.8, 4) is 0 Å². The third kappa shape index (κ3) is 2.59. The van der Waals surface area contributed by atoms with Crippen LogP contribution in [0.15, 0.2) is 18.2 Å². The molecule has 0 saturated carbocycles. The van der Waals surface area contributed by atoms with E-state index in [1.807, 2.05) is 0 Å². The second-order valence-corrected chi connectivity index (χ2v) is 6.47. The third-order valence-corrected chi connectivity index (χ3v) is 4.91. The lowest BCUT2D eigenvalue weighted by molar-refractivity contribution is 0.148. The predicted molar refractivity (Wildman–Crippen MR) is 86.5 cm³/mol. The van der Waals surface area contributed by atoms with E-state index in [9.17, 15) is 0 Å². The summed E-state index contributed by atoms with van der Waals surface area (Å²) in [6.45, 7) is 7.92. The Hall–Kier alpha value is -1.36. The topological polar surface area (TPSA) is 34.3 Å². The zero-order chi connectivity index (χ0) is 14.2. The molecule has 1 aromatic heterocycles. The number of H-pyrrole nitrogens is 1. The van der Waals surface area contributed by atoms with Crippen LogP contribution >= 0.6 is 0 Å². The van der Waals surface area contributed by atoms with Crippen LogP contribution in [0.5, 0.6) is 0 Å². The summed E-state index contributed by atoms with van der Waals surface area (Å²) in [5.74, 6) is 0. The maximum atomic E-state index is 3.59. The first-order chi connectivity index (χ1) is 10.3. The number of piperazine rings is 1. The predicted octanol–water partition coefficient (Wildman–Crippen LogP) is 1.56. The average Bonchev–Trinajstić information content (AvgIpc) is 2.88. The van der Waals surface area contributed by atoms with Crippen LogP contribution in [0.3, 0.4) is 0 Å². The molecule has 0 radical (unpaired) electrons. The van der Waals surface area contributed by atoms with Gasteiger partial charge >= 0.3 is 0 Å². The second kappa shape index (κ2) is 5.44. The molecular weight excluding hydrogens is 260 g/mol. The summed E-state index contributed by atoms with van der Waals surface area (Å²) in [7, 11) is 2.21. The van der Waals surface area contributed by atoms with Crippen LogP contribution in [0.4, 0.5) is 0 Å². The highest BCUT2D eigenvalue weighted by Crippen LogP contribution is 2.26. The number of likely N-dealkylation sites (N-methyl/N-ethyl adjacent to an activating group) is 1. The van der Waals surface area contributed by atoms with Gasteiger partial charge in [0.1, 0.15) is 0 Å². The van der Waals surface area contributed by atoms with Gasteiger partial charge in [-0.25, -0.2) is 0 Å². The summed E-state index contributed by atoms with van der Waals surface area (Å²) in [5, 5.41) is 4.91. The quantitative estimate of drug-likeness (QED) is 0.878. The summed E-state index contributed by atoms with van der Waals surface area (Å²) in [6, 6.07) is 6.95. The van der Waals surface area contributed by atoms with Gasteiger partial charge in [-0.2, -0.15) is 0 Å². The molecule has 4 nitrogen and oxygen atoms in total. The molecule has 4 heteroatoms. The van der Waals surface area contributed by atoms with Gasteiger partial charge in [0.25, 0.3) is 0 Å². The molecule has 1 aromatic carbocycles. The first-order valence-corrected chi connectivity index (χ1v) is 8.03. The Morgan fingerprint density at radius 3 is 2.86 bits per heavy atom. The van der Waals surface area contributed by atoms with E-state index in [-0.39, 0.29) is 0 Å². The zero-order valence-corrected chi connectivity index (χ0v) is 12.8. The smallest absolute Gasteiger partial charge is 0.0459 e. The van der Waals surface area contributed by atoms with Crippen LogP contribution in [0, 0.1) is 0 Å². The van der Waals surface area contributed by atoms with E-state index in [0.717, 1.165) is 26.1 Å². The van der Waals surface area contributed by atoms with E-state index in [0.29, 0.717) is 0 Å². The maximum Gasteiger partial charge on any atom is 0.0459 e. The Morgan fingerprint density at radius 1 is 1.14 bits per heavy atom. The van der Waals surface area contributed by atoms with Gasteiger partial charge in [0.05, 0.1) is 0 Å². The largest absolute Gasteiger partial charge is 0.358 e. The number of hydrogen-bond acceptors (Lipinski definition) is 3. The van der Waals surface area contributed by atoms with Crippen molar-refractivity contribution in [2.75, 3.05) is 39.8 Å². The molecule has 2 aliphatic heterocycles. The Labute approximate surface area is 126 Å². The number of nitrogens with zero attached hydrogens (tertiary/aromatic N) is 2. The Bertz CT molecular complexity index is 638. The van der Waals surface area contributed by atoms with Crippen LogP contribution < -0.4 is 5.32 Å². The molecule has 0 amide bonds. The van der Waals surface area contributed by atoms with Gasteiger partial charge in [0.15, 0.2) is 0 Å². The number of fused-ring (bicyclic) bond motifs is 3. The van der Waals surface area contributed by atoms with E-state index in [4.69, 9.17) is 0 Å². The highest BCUT2D eigenvalue weighted by atomic mass is 15.2. The molecule has 2 aromatic rings. The van der Waals surface area contributed by atoms with Crippen molar-refractivity contribution in [1.29, 1.82) is 0 Å². The van der Waals surface area contributed by atoms with Crippen molar-refractivity contribution >= 4 is 10.9 Å². The summed E-state index contributed by atoms with van der Waals surface area (Å²) in [6.07, 6.45) is 1.12. The minimum atomic E-state index is 1.01. The van der Waals surface area contributed by atoms with Crippen molar-refractivity contribution in [2.24, 2.45) is 0 Å². The lowest BCUT2D eigenvalue weighted by atomic mass is 10.0. The number of aromatic amines is 1. The second-order valence-electron chi connectivity index (χ2n) is 6.47. The molecule has 112 valence electrons. The summed E-state index contributed by atoms with van der Waals surface area (Å²) >= 11 is 0. The number of hydrogen-bond donors (Lipinski definition) is 2. The standard InChI is InChI=1S/C17H24N4/c1-20-6-8-21(9-7-20)12-13-2-3-16-14(10-13)15-11-18-5-4-17(15)19-16/h2-3,10,18-19H,4-9,11-12H2,1H3. The molecule has 4 rings (SSSR count). The highest BCUT2D eigenvalue weighted by molar-refractivity contribution is 5.85. The average molecular weight is 284 g/mol. The first kappa shape index (κ1) is 13.3. The van der Waals surface area contributed by atoms with E-state index < -0.39 is 0 Å². The van der Waals surface area contributed by atoms with Crippen molar-refractivity contribution in [3.05, 3.63) is 35.0 Å². The number of rotatable bonds is 2. The molecule has 0 aliphatic carbocycles. The molecule has 2 aliphatic rings. The minimum absolute atomic E-state index is 1.01. The molecule has 2 N–H and O–H groups in total. The minimum Gasteiger partial charge on any atom is -0.358 e. The van der Waals surface area contributed by atoms with E-state index in [1.165, 1.54) is 53.9 Å². The van der Waals surface area contributed by atoms with Crippen LogP contribution in [0.2, 0.25) is 0 Å². The third-order valence-electron chi connectivity index (χ3n) is 4.91. The number of nitrogens with one attached hydrogen (secondary N) is 2. The molecule has 1 saturated heterocycles. The van der Waals surface area contributed by atoms with Crippen LogP contribution in [-0.2, 0) is 19.5 Å². The molecule has 0 bridgehead atoms. The molecule has 21 heavy (non-hydrogen) atoms. The lowest BCUT2D eigenvalue weighted by Crippen LogP contribution is -2.43. The van der Waals surface area contributed by atoms with Crippen molar-refractivity contribution in [3.63, 3.8) is 0 Å². The lowest BCUT2D eigenvalue weighted by Gasteiger charge is -2.32. The van der Waals surface area contributed by atoms with E-state index in [1.54, 1.807) is 0 Å². The van der Waals surface area contributed by atoms with Crippen LogP contribution in [-0.4, -0.2) is 54.6 Å². The Balaban J connectivity index is 1.58. The summed E-state index contributed by atoms with van der Waals surface area (Å²) in [4.78, 5) is 8.57. The fourth-order valence-electron chi connectivity index (χ4n) is 3.56. The molecule has 0 unspecified atom stereocenters. The number of aromatic nitrogens is 1. The van der Waals surface area contributed by atoms with E-state index >= 15 is 0 Å². The fraction of sp³-hybridized carbons (Fsp3) is 0.529. The monoisotopic (exact) mass is 284 g/mol. The first-order valence-electron chi connectivity index (χ1n) is 8.03. The maximum absolute atomic E-state index is 3.59. The fourth-order valence-corrected chi connectivity index (χ4v) is 3.56. The summed E-state index contributed by atoms with van der Waals surface area (Å²) in [5.41, 5.74) is 5.65. The van der Waals surface area contributed by atoms with Gasteiger partial charge in [-0.05, 0) is 30.3 Å². The van der Waals surface area contributed by atoms with Gasteiger partial charge in [-0.1, -0.05) is 6.07 Å². The number of benzene rings is 1. The summed E-state index contributed by atoms with van der Waals surface area (Å²) < 4.78 is 0. The van der Waals surface area contributed by atoms with Crippen LogP contribution in [0.1, 0.15) is 16.8 Å². The molecule has 0 spiro atoms. The van der Waals surface area contributed by atoms with E-state index in [2.05, 4.69) is 45.3 Å². The van der Waals surface area contributed by atoms with Crippen molar-refractivity contribution < 1.29 is 0 Å². The van der Waals surface area contributed by atoms with Gasteiger partial charge in [0.2, 0.25) is 0 Å². The van der Waals surface area contributed by atoms with Crippen molar-refractivity contribution in [2.45, 2.75) is 19.5 Å². The molecular formula is C17H24N4. The zero-order valence-electron chi connectivity index (χ0n) is 12.8. The molecule has 1 fully saturated rings. The van der Waals surface area contributed by atoms with Gasteiger partial charge in [0, 0.05) is 68.8 Å². The van der Waals surface area contributed by atoms with Gasteiger partial charge in [-0.3, -0.25) is 4.90 Å². The molecule has 0 atom stereocenters. The van der Waals surface area contributed by atoms with Crippen LogP contribution in [0.25, 0.3) is 10.9 Å². The van der Waals surface area contributed by atoms with Crippen molar-refractivity contribution in [1.82, 2.24) is 20.1 Å². The van der Waals surface area contributed by atoms with Gasteiger partial charge in [-0.15, -0.1) is 0 Å². The highest BCUT2D eigenvalue weighted by Gasteiger charge is 2.17.